The van der Waals surface area contributed by atoms with E-state index in [4.69, 9.17) is 23.1 Å². The number of hydrogen-bond donors (Lipinski definition) is 2. The third-order valence-corrected chi connectivity index (χ3v) is 3.59. The zero-order valence-corrected chi connectivity index (χ0v) is 9.24. The van der Waals surface area contributed by atoms with Gasteiger partial charge in [0, 0.05) is 10.9 Å². The van der Waals surface area contributed by atoms with E-state index in [-0.39, 0.29) is 6.04 Å². The van der Waals surface area contributed by atoms with Gasteiger partial charge in [0.15, 0.2) is 0 Å². The Balaban J connectivity index is 2.71. The molecule has 0 aliphatic carbocycles. The molecule has 1 rings (SSSR count). The van der Waals surface area contributed by atoms with Crippen molar-refractivity contribution in [2.75, 3.05) is 6.54 Å². The Morgan fingerprint density at radius 3 is 2.62 bits per heavy atom. The molecule has 0 aliphatic heterocycles. The molecule has 13 heavy (non-hydrogen) atoms. The molecular weight excluding hydrogens is 204 g/mol. The van der Waals surface area contributed by atoms with Gasteiger partial charge in [-0.15, -0.1) is 11.3 Å². The van der Waals surface area contributed by atoms with E-state index >= 15 is 0 Å². The highest BCUT2D eigenvalue weighted by molar-refractivity contribution is 7.16. The first kappa shape index (κ1) is 11.0. The van der Waals surface area contributed by atoms with Gasteiger partial charge >= 0.3 is 0 Å². The van der Waals surface area contributed by atoms with Gasteiger partial charge in [0.1, 0.15) is 0 Å². The van der Waals surface area contributed by atoms with Crippen molar-refractivity contribution in [3.05, 3.63) is 21.3 Å². The van der Waals surface area contributed by atoms with E-state index in [1.165, 1.54) is 11.3 Å². The lowest BCUT2D eigenvalue weighted by molar-refractivity contribution is 0.433. The standard InChI is InChI=1S/C9H15ClN2S/c1-2-6(5-11)9(12)7-3-4-8(10)13-7/h3-4,6,9H,2,5,11-12H2,1H3. The van der Waals surface area contributed by atoms with Crippen LogP contribution in [0.5, 0.6) is 0 Å². The first-order valence-electron chi connectivity index (χ1n) is 4.40. The molecule has 0 bridgehead atoms. The van der Waals surface area contributed by atoms with Gasteiger partial charge in [0.25, 0.3) is 0 Å². The summed E-state index contributed by atoms with van der Waals surface area (Å²) >= 11 is 7.37. The first-order valence-corrected chi connectivity index (χ1v) is 5.59. The summed E-state index contributed by atoms with van der Waals surface area (Å²) in [6, 6.07) is 3.90. The molecule has 0 saturated carbocycles. The van der Waals surface area contributed by atoms with Crippen LogP contribution in [-0.2, 0) is 0 Å². The smallest absolute Gasteiger partial charge is 0.0931 e. The lowest BCUT2D eigenvalue weighted by Crippen LogP contribution is -2.26. The summed E-state index contributed by atoms with van der Waals surface area (Å²) in [5.74, 6) is 0.356. The average molecular weight is 219 g/mol. The highest BCUT2D eigenvalue weighted by atomic mass is 35.5. The van der Waals surface area contributed by atoms with Crippen molar-refractivity contribution in [2.24, 2.45) is 17.4 Å². The van der Waals surface area contributed by atoms with Gasteiger partial charge in [0.2, 0.25) is 0 Å². The van der Waals surface area contributed by atoms with Gasteiger partial charge in [-0.25, -0.2) is 0 Å². The van der Waals surface area contributed by atoms with E-state index in [2.05, 4.69) is 6.92 Å². The van der Waals surface area contributed by atoms with E-state index in [0.717, 1.165) is 15.6 Å². The molecule has 0 aliphatic rings. The van der Waals surface area contributed by atoms with Crippen LogP contribution in [0, 0.1) is 5.92 Å². The number of thiophene rings is 1. The van der Waals surface area contributed by atoms with Crippen LogP contribution in [0.15, 0.2) is 12.1 Å². The van der Waals surface area contributed by atoms with Crippen molar-refractivity contribution < 1.29 is 0 Å². The average Bonchev–Trinajstić information content (AvgIpc) is 2.54. The Hall–Kier alpha value is -0.0900. The molecule has 2 unspecified atom stereocenters. The van der Waals surface area contributed by atoms with Crippen molar-refractivity contribution in [1.82, 2.24) is 0 Å². The van der Waals surface area contributed by atoms with Gasteiger partial charge in [-0.05, 0) is 24.6 Å². The molecule has 0 spiro atoms. The van der Waals surface area contributed by atoms with Crippen LogP contribution in [0.25, 0.3) is 0 Å². The molecule has 4 heteroatoms. The Morgan fingerprint density at radius 1 is 1.54 bits per heavy atom. The van der Waals surface area contributed by atoms with E-state index in [0.29, 0.717) is 12.5 Å². The summed E-state index contributed by atoms with van der Waals surface area (Å²) in [7, 11) is 0. The first-order chi connectivity index (χ1) is 6.19. The van der Waals surface area contributed by atoms with Crippen molar-refractivity contribution >= 4 is 22.9 Å². The van der Waals surface area contributed by atoms with Gasteiger partial charge in [-0.3, -0.25) is 0 Å². The quantitative estimate of drug-likeness (QED) is 0.816. The third-order valence-electron chi connectivity index (χ3n) is 2.26. The highest BCUT2D eigenvalue weighted by Gasteiger charge is 2.17. The highest BCUT2D eigenvalue weighted by Crippen LogP contribution is 2.30. The minimum Gasteiger partial charge on any atom is -0.330 e. The van der Waals surface area contributed by atoms with Crippen LogP contribution in [0.4, 0.5) is 0 Å². The molecule has 2 atom stereocenters. The van der Waals surface area contributed by atoms with Crippen molar-refractivity contribution in [3.63, 3.8) is 0 Å². The second-order valence-corrected chi connectivity index (χ2v) is 4.82. The fourth-order valence-corrected chi connectivity index (χ4v) is 2.46. The molecule has 0 fully saturated rings. The molecule has 2 nitrogen and oxygen atoms in total. The third kappa shape index (κ3) is 2.68. The van der Waals surface area contributed by atoms with Crippen LogP contribution >= 0.6 is 22.9 Å². The zero-order valence-electron chi connectivity index (χ0n) is 7.66. The summed E-state index contributed by atoms with van der Waals surface area (Å²) in [4.78, 5) is 1.13. The zero-order chi connectivity index (χ0) is 9.84. The fourth-order valence-electron chi connectivity index (χ4n) is 1.31. The summed E-state index contributed by atoms with van der Waals surface area (Å²) in [5.41, 5.74) is 11.7. The number of hydrogen-bond acceptors (Lipinski definition) is 3. The molecule has 74 valence electrons. The number of nitrogens with two attached hydrogens (primary N) is 2. The van der Waals surface area contributed by atoms with E-state index in [1.807, 2.05) is 12.1 Å². The van der Waals surface area contributed by atoms with Crippen molar-refractivity contribution in [2.45, 2.75) is 19.4 Å². The Morgan fingerprint density at radius 2 is 2.23 bits per heavy atom. The predicted octanol–water partition coefficient (Wildman–Crippen LogP) is 2.39. The molecule has 0 saturated heterocycles. The molecule has 0 radical (unpaired) electrons. The van der Waals surface area contributed by atoms with E-state index < -0.39 is 0 Å². The van der Waals surface area contributed by atoms with Gasteiger partial charge < -0.3 is 11.5 Å². The van der Waals surface area contributed by atoms with Gasteiger partial charge in [0.05, 0.1) is 4.34 Å². The minimum atomic E-state index is 0.0347. The van der Waals surface area contributed by atoms with Gasteiger partial charge in [-0.1, -0.05) is 24.9 Å². The van der Waals surface area contributed by atoms with Crippen molar-refractivity contribution in [3.8, 4) is 0 Å². The van der Waals surface area contributed by atoms with E-state index in [9.17, 15) is 0 Å². The molecule has 4 N–H and O–H groups in total. The van der Waals surface area contributed by atoms with Crippen molar-refractivity contribution in [1.29, 1.82) is 0 Å². The summed E-state index contributed by atoms with van der Waals surface area (Å²) in [6.07, 6.45) is 1.01. The summed E-state index contributed by atoms with van der Waals surface area (Å²) in [5, 5.41) is 0. The molecule has 1 aromatic rings. The fraction of sp³-hybridized carbons (Fsp3) is 0.556. The van der Waals surface area contributed by atoms with Crippen LogP contribution in [0.1, 0.15) is 24.3 Å². The van der Waals surface area contributed by atoms with Crippen LogP contribution in [-0.4, -0.2) is 6.54 Å². The summed E-state index contributed by atoms with van der Waals surface area (Å²) in [6.45, 7) is 2.74. The molecule has 0 aromatic carbocycles. The molecule has 1 aromatic heterocycles. The SMILES string of the molecule is CCC(CN)C(N)c1ccc(Cl)s1. The lowest BCUT2D eigenvalue weighted by atomic mass is 9.97. The largest absolute Gasteiger partial charge is 0.330 e. The summed E-state index contributed by atoms with van der Waals surface area (Å²) < 4.78 is 0.789. The Labute approximate surface area is 87.9 Å². The second-order valence-electron chi connectivity index (χ2n) is 3.07. The molecule has 0 amide bonds. The topological polar surface area (TPSA) is 52.0 Å². The van der Waals surface area contributed by atoms with Crippen LogP contribution in [0.2, 0.25) is 4.34 Å². The molecular formula is C9H15ClN2S. The Bertz CT molecular complexity index is 258. The predicted molar refractivity (Wildman–Crippen MR) is 59.1 cm³/mol. The second kappa shape index (κ2) is 4.96. The number of rotatable bonds is 4. The van der Waals surface area contributed by atoms with Crippen LogP contribution < -0.4 is 11.5 Å². The molecule has 1 heterocycles. The monoisotopic (exact) mass is 218 g/mol. The normalized spacial score (nSPS) is 15.7. The Kier molecular flexibility index (Phi) is 4.19. The van der Waals surface area contributed by atoms with E-state index in [1.54, 1.807) is 0 Å². The van der Waals surface area contributed by atoms with Crippen LogP contribution in [0.3, 0.4) is 0 Å². The van der Waals surface area contributed by atoms with Gasteiger partial charge in [-0.2, -0.15) is 0 Å². The maximum absolute atomic E-state index is 6.05. The maximum Gasteiger partial charge on any atom is 0.0931 e. The maximum atomic E-state index is 6.05. The minimum absolute atomic E-state index is 0.0347. The lowest BCUT2D eigenvalue weighted by Gasteiger charge is -2.19. The number of halogens is 1.